The van der Waals surface area contributed by atoms with Gasteiger partial charge in [-0.3, -0.25) is 4.90 Å². The maximum Gasteiger partial charge on any atom is 0.407 e. The van der Waals surface area contributed by atoms with Crippen LogP contribution >= 0.6 is 0 Å². The number of allylic oxidation sites excluding steroid dienone is 1. The Bertz CT molecular complexity index is 547. The van der Waals surface area contributed by atoms with Gasteiger partial charge in [0.1, 0.15) is 5.60 Å². The Hall–Kier alpha value is -2.09. The molecule has 25 heavy (non-hydrogen) atoms. The number of ether oxygens (including phenoxy) is 2. The van der Waals surface area contributed by atoms with E-state index in [1.54, 1.807) is 18.5 Å². The predicted molar refractivity (Wildman–Crippen MR) is 94.0 cm³/mol. The van der Waals surface area contributed by atoms with Crippen LogP contribution in [0.4, 0.5) is 4.79 Å². The fraction of sp³-hybridized carbons (Fsp3) is 0.706. The molecule has 2 N–H and O–H groups in total. The summed E-state index contributed by atoms with van der Waals surface area (Å²) in [6, 6.07) is 0. The lowest BCUT2D eigenvalue weighted by Gasteiger charge is -2.42. The summed E-state index contributed by atoms with van der Waals surface area (Å²) in [4.78, 5) is 30.3. The normalized spacial score (nSPS) is 24.5. The van der Waals surface area contributed by atoms with Crippen molar-refractivity contribution in [3.8, 4) is 0 Å². The maximum absolute atomic E-state index is 12.3. The molecule has 0 aromatic heterocycles. The number of aliphatic imine (C=N–C) groups is 1. The zero-order valence-electron chi connectivity index (χ0n) is 15.4. The molecular weight excluding hydrogens is 324 g/mol. The number of hydrogen-bond donors (Lipinski definition) is 2. The first-order chi connectivity index (χ1) is 11.8. The second kappa shape index (κ2) is 7.86. The minimum Gasteiger partial charge on any atom is -0.465 e. The van der Waals surface area contributed by atoms with Crippen LogP contribution < -0.4 is 10.6 Å². The molecule has 1 amide bonds. The molecule has 0 aromatic rings. The molecule has 8 nitrogen and oxygen atoms in total. The zero-order chi connectivity index (χ0) is 18.5. The van der Waals surface area contributed by atoms with Crippen LogP contribution in [0.2, 0.25) is 0 Å². The summed E-state index contributed by atoms with van der Waals surface area (Å²) in [6.45, 7) is 7.42. The lowest BCUT2D eigenvalue weighted by molar-refractivity contribution is -0.158. The van der Waals surface area contributed by atoms with Crippen molar-refractivity contribution in [2.45, 2.75) is 45.0 Å². The molecule has 2 heterocycles. The van der Waals surface area contributed by atoms with Crippen molar-refractivity contribution >= 4 is 18.3 Å². The Kier molecular flexibility index (Phi) is 6.05. The van der Waals surface area contributed by atoms with E-state index in [-0.39, 0.29) is 0 Å². The van der Waals surface area contributed by atoms with Gasteiger partial charge in [0.15, 0.2) is 0 Å². The van der Waals surface area contributed by atoms with Gasteiger partial charge in [-0.15, -0.1) is 0 Å². The average Bonchev–Trinajstić information content (AvgIpc) is 2.59. The van der Waals surface area contributed by atoms with E-state index in [2.05, 4.69) is 15.6 Å². The number of esters is 1. The summed E-state index contributed by atoms with van der Waals surface area (Å²) >= 11 is 0. The average molecular weight is 352 g/mol. The van der Waals surface area contributed by atoms with E-state index >= 15 is 0 Å². The molecule has 0 spiro atoms. The third-order valence-corrected chi connectivity index (χ3v) is 4.20. The monoisotopic (exact) mass is 352 g/mol. The van der Waals surface area contributed by atoms with Gasteiger partial charge in [0.25, 0.3) is 5.79 Å². The SMILES string of the molecule is COC(=O)C1(N2CCC(CNC(=O)OC(C)(C)C)CC2)N=CC=CN1. The third-order valence-electron chi connectivity index (χ3n) is 4.20. The van der Waals surface area contributed by atoms with Gasteiger partial charge in [-0.05, 0) is 45.6 Å². The largest absolute Gasteiger partial charge is 0.465 e. The van der Waals surface area contributed by atoms with E-state index in [9.17, 15) is 9.59 Å². The lowest BCUT2D eigenvalue weighted by Crippen LogP contribution is -2.64. The van der Waals surface area contributed by atoms with E-state index in [1.807, 2.05) is 25.7 Å². The molecular formula is C17H28N4O4. The van der Waals surface area contributed by atoms with E-state index < -0.39 is 23.5 Å². The third kappa shape index (κ3) is 4.94. The summed E-state index contributed by atoms with van der Waals surface area (Å²) in [5, 5.41) is 5.85. The Labute approximate surface area is 148 Å². The summed E-state index contributed by atoms with van der Waals surface area (Å²) < 4.78 is 10.2. The number of nitrogens with one attached hydrogen (secondary N) is 2. The molecule has 8 heteroatoms. The van der Waals surface area contributed by atoms with Crippen LogP contribution in [0.15, 0.2) is 17.3 Å². The topological polar surface area (TPSA) is 92.3 Å². The molecule has 1 atom stereocenters. The van der Waals surface area contributed by atoms with Crippen molar-refractivity contribution < 1.29 is 19.1 Å². The van der Waals surface area contributed by atoms with Crippen LogP contribution in [-0.4, -0.2) is 61.3 Å². The molecule has 1 unspecified atom stereocenters. The van der Waals surface area contributed by atoms with Gasteiger partial charge >= 0.3 is 12.1 Å². The molecule has 2 aliphatic heterocycles. The van der Waals surface area contributed by atoms with Gasteiger partial charge in [0.2, 0.25) is 0 Å². The molecule has 0 bridgehead atoms. The number of likely N-dealkylation sites (tertiary alicyclic amines) is 1. The van der Waals surface area contributed by atoms with Crippen LogP contribution in [0.1, 0.15) is 33.6 Å². The van der Waals surface area contributed by atoms with E-state index in [4.69, 9.17) is 9.47 Å². The quantitative estimate of drug-likeness (QED) is 0.740. The molecule has 1 fully saturated rings. The first kappa shape index (κ1) is 19.2. The molecule has 2 rings (SSSR count). The first-order valence-corrected chi connectivity index (χ1v) is 8.55. The van der Waals surface area contributed by atoms with E-state index in [1.165, 1.54) is 7.11 Å². The van der Waals surface area contributed by atoms with Gasteiger partial charge in [0, 0.05) is 32.0 Å². The highest BCUT2D eigenvalue weighted by atomic mass is 16.6. The number of rotatable bonds is 4. The molecule has 1 saturated heterocycles. The Morgan fingerprint density at radius 3 is 2.56 bits per heavy atom. The van der Waals surface area contributed by atoms with Gasteiger partial charge in [-0.1, -0.05) is 0 Å². The molecule has 140 valence electrons. The number of nitrogens with zero attached hydrogens (tertiary/aromatic N) is 2. The van der Waals surface area contributed by atoms with Crippen LogP contribution in [0.25, 0.3) is 0 Å². The standard InChI is InChI=1S/C17H28N4O4/c1-16(2,3)25-15(23)18-12-13-6-10-21(11-7-13)17(14(22)24-4)19-8-5-9-20-17/h5,8-9,13,19H,6-7,10-12H2,1-4H3,(H,18,23). The number of carbonyl (C=O) groups is 2. The van der Waals surface area contributed by atoms with E-state index in [0.717, 1.165) is 12.8 Å². The first-order valence-electron chi connectivity index (χ1n) is 8.55. The van der Waals surface area contributed by atoms with Crippen LogP contribution in [-0.2, 0) is 14.3 Å². The van der Waals surface area contributed by atoms with Crippen LogP contribution in [0.3, 0.4) is 0 Å². The lowest BCUT2D eigenvalue weighted by atomic mass is 9.95. The summed E-state index contributed by atoms with van der Waals surface area (Å²) in [6.07, 6.45) is 6.32. The Balaban J connectivity index is 1.86. The fourth-order valence-corrected chi connectivity index (χ4v) is 2.95. The van der Waals surface area contributed by atoms with Crippen molar-refractivity contribution in [2.75, 3.05) is 26.7 Å². The smallest absolute Gasteiger partial charge is 0.407 e. The molecule has 0 radical (unpaired) electrons. The minimum absolute atomic E-state index is 0.335. The zero-order valence-corrected chi connectivity index (χ0v) is 15.4. The minimum atomic E-state index is -1.19. The highest BCUT2D eigenvalue weighted by Gasteiger charge is 2.46. The fourth-order valence-electron chi connectivity index (χ4n) is 2.95. The highest BCUT2D eigenvalue weighted by Crippen LogP contribution is 2.26. The summed E-state index contributed by atoms with van der Waals surface area (Å²) in [5.74, 6) is -1.28. The van der Waals surface area contributed by atoms with Gasteiger partial charge in [0.05, 0.1) is 7.11 Å². The van der Waals surface area contributed by atoms with Crippen molar-refractivity contribution in [3.63, 3.8) is 0 Å². The van der Waals surface area contributed by atoms with Crippen molar-refractivity contribution in [2.24, 2.45) is 10.9 Å². The van der Waals surface area contributed by atoms with Gasteiger partial charge < -0.3 is 20.1 Å². The van der Waals surface area contributed by atoms with Crippen LogP contribution in [0, 0.1) is 5.92 Å². The van der Waals surface area contributed by atoms with Gasteiger partial charge in [-0.2, -0.15) is 0 Å². The summed E-state index contributed by atoms with van der Waals surface area (Å²) in [7, 11) is 1.36. The van der Waals surface area contributed by atoms with Crippen LogP contribution in [0.5, 0.6) is 0 Å². The maximum atomic E-state index is 12.3. The number of carbonyl (C=O) groups excluding carboxylic acids is 2. The highest BCUT2D eigenvalue weighted by molar-refractivity contribution is 5.85. The van der Waals surface area contributed by atoms with Crippen molar-refractivity contribution in [1.29, 1.82) is 0 Å². The van der Waals surface area contributed by atoms with Gasteiger partial charge in [-0.25, -0.2) is 14.6 Å². The molecule has 0 aliphatic carbocycles. The number of hydrogen-bond acceptors (Lipinski definition) is 7. The number of methoxy groups -OCH3 is 1. The predicted octanol–water partition coefficient (Wildman–Crippen LogP) is 1.24. The Morgan fingerprint density at radius 1 is 1.36 bits per heavy atom. The summed E-state index contributed by atoms with van der Waals surface area (Å²) in [5.41, 5.74) is -0.501. The number of piperidine rings is 1. The molecule has 2 aliphatic rings. The second-order valence-corrected chi connectivity index (χ2v) is 7.26. The molecule has 0 saturated carbocycles. The van der Waals surface area contributed by atoms with Crippen molar-refractivity contribution in [1.82, 2.24) is 15.5 Å². The number of amides is 1. The Morgan fingerprint density at radius 2 is 2.04 bits per heavy atom. The van der Waals surface area contributed by atoms with E-state index in [0.29, 0.717) is 25.6 Å². The number of alkyl carbamates (subject to hydrolysis) is 1. The molecule has 0 aromatic carbocycles. The second-order valence-electron chi connectivity index (χ2n) is 7.26. The van der Waals surface area contributed by atoms with Crippen molar-refractivity contribution in [3.05, 3.63) is 12.3 Å².